The lowest BCUT2D eigenvalue weighted by atomic mass is 9.89. The van der Waals surface area contributed by atoms with E-state index in [4.69, 9.17) is 9.47 Å². The maximum Gasteiger partial charge on any atom is 0.331 e. The van der Waals surface area contributed by atoms with Crippen LogP contribution < -0.4 is 0 Å². The zero-order valence-corrected chi connectivity index (χ0v) is 23.3. The van der Waals surface area contributed by atoms with Crippen LogP contribution in [0.25, 0.3) is 0 Å². The van der Waals surface area contributed by atoms with E-state index >= 15 is 0 Å². The Hall–Kier alpha value is -2.29. The standard InChI is InChI=1S/C31H46O7/c1-8-11-21(5)29-31(38-29)30-22(6)16-18(2)13-10-15-24(32)27(35)23(7)28(36)26(34)20(4)14-9-12-19(3)17-25(33)37-30/h9-10,12,15,17,21-22,24,26-32,34-36H,2,4,7-8,11,13-14,16H2,1,3,5-6H3/b12-9+,15-10+,19-17+/t21-,22-,24-,26+,27-,28+,29-,30+,31+/m0/s1. The summed E-state index contributed by atoms with van der Waals surface area (Å²) < 4.78 is 11.9. The fraction of sp³-hybridized carbons (Fsp3) is 0.581. The Labute approximate surface area is 227 Å². The highest BCUT2D eigenvalue weighted by Crippen LogP contribution is 2.39. The number of aliphatic hydroxyl groups excluding tert-OH is 4. The molecule has 0 aromatic heterocycles. The fourth-order valence-corrected chi connectivity index (χ4v) is 4.86. The third-order valence-electron chi connectivity index (χ3n) is 7.26. The van der Waals surface area contributed by atoms with Crippen molar-refractivity contribution in [2.75, 3.05) is 0 Å². The quantitative estimate of drug-likeness (QED) is 0.245. The highest BCUT2D eigenvalue weighted by Gasteiger charge is 2.51. The predicted molar refractivity (Wildman–Crippen MR) is 149 cm³/mol. The number of cyclic esters (lactones) is 1. The molecular weight excluding hydrogens is 484 g/mol. The first-order valence-electron chi connectivity index (χ1n) is 13.5. The summed E-state index contributed by atoms with van der Waals surface area (Å²) in [5.74, 6) is -0.134. The summed E-state index contributed by atoms with van der Waals surface area (Å²) in [6, 6.07) is 0. The van der Waals surface area contributed by atoms with E-state index in [1.807, 2.05) is 6.92 Å². The van der Waals surface area contributed by atoms with Crippen molar-refractivity contribution < 1.29 is 34.7 Å². The molecule has 2 aliphatic rings. The molecule has 0 spiro atoms. The Morgan fingerprint density at radius 2 is 1.71 bits per heavy atom. The number of epoxide rings is 1. The van der Waals surface area contributed by atoms with E-state index in [1.165, 1.54) is 12.2 Å². The zero-order valence-electron chi connectivity index (χ0n) is 23.3. The van der Waals surface area contributed by atoms with Gasteiger partial charge in [-0.2, -0.15) is 0 Å². The van der Waals surface area contributed by atoms with Gasteiger partial charge in [0.15, 0.2) is 0 Å². The first-order chi connectivity index (χ1) is 17.9. The Balaban J connectivity index is 2.28. The summed E-state index contributed by atoms with van der Waals surface area (Å²) in [6.45, 7) is 19.7. The van der Waals surface area contributed by atoms with E-state index in [0.29, 0.717) is 29.9 Å². The topological polar surface area (TPSA) is 120 Å². The van der Waals surface area contributed by atoms with Gasteiger partial charge in [-0.3, -0.25) is 0 Å². The van der Waals surface area contributed by atoms with Crippen LogP contribution in [-0.4, -0.2) is 69.1 Å². The summed E-state index contributed by atoms with van der Waals surface area (Å²) in [7, 11) is 0. The number of hydrogen-bond acceptors (Lipinski definition) is 7. The molecule has 7 heteroatoms. The molecule has 0 amide bonds. The monoisotopic (exact) mass is 530 g/mol. The normalized spacial score (nSPS) is 38.5. The Morgan fingerprint density at radius 1 is 1.03 bits per heavy atom. The minimum Gasteiger partial charge on any atom is -0.456 e. The van der Waals surface area contributed by atoms with Crippen molar-refractivity contribution in [2.24, 2.45) is 11.8 Å². The summed E-state index contributed by atoms with van der Waals surface area (Å²) in [5.41, 5.74) is 1.70. The van der Waals surface area contributed by atoms with Crippen molar-refractivity contribution in [3.63, 3.8) is 0 Å². The number of allylic oxidation sites excluding steroid dienone is 5. The molecule has 1 fully saturated rings. The summed E-state index contributed by atoms with van der Waals surface area (Å²) in [4.78, 5) is 12.8. The van der Waals surface area contributed by atoms with Crippen molar-refractivity contribution in [3.8, 4) is 0 Å². The van der Waals surface area contributed by atoms with E-state index in [2.05, 4.69) is 33.6 Å². The molecule has 0 unspecified atom stereocenters. The molecule has 7 nitrogen and oxygen atoms in total. The van der Waals surface area contributed by atoms with E-state index in [0.717, 1.165) is 18.4 Å². The van der Waals surface area contributed by atoms with Crippen LogP contribution in [0.4, 0.5) is 0 Å². The highest BCUT2D eigenvalue weighted by atomic mass is 16.6. The van der Waals surface area contributed by atoms with Gasteiger partial charge in [0.05, 0.1) is 6.10 Å². The lowest BCUT2D eigenvalue weighted by Gasteiger charge is -2.26. The molecule has 2 rings (SSSR count). The molecule has 0 aromatic carbocycles. The predicted octanol–water partition coefficient (Wildman–Crippen LogP) is 4.09. The van der Waals surface area contributed by atoms with Gasteiger partial charge in [-0.15, -0.1) is 0 Å². The highest BCUT2D eigenvalue weighted by molar-refractivity contribution is 5.83. The summed E-state index contributed by atoms with van der Waals surface area (Å²) in [6.07, 6.45) is 5.05. The molecule has 212 valence electrons. The second kappa shape index (κ2) is 14.8. The number of rotatable bonds is 4. The van der Waals surface area contributed by atoms with Crippen molar-refractivity contribution in [1.29, 1.82) is 0 Å². The van der Waals surface area contributed by atoms with Gasteiger partial charge in [0.2, 0.25) is 0 Å². The van der Waals surface area contributed by atoms with Crippen LogP contribution in [0.3, 0.4) is 0 Å². The lowest BCUT2D eigenvalue weighted by Crippen LogP contribution is -2.37. The van der Waals surface area contributed by atoms with Crippen LogP contribution in [0.15, 0.2) is 72.4 Å². The van der Waals surface area contributed by atoms with Gasteiger partial charge in [-0.1, -0.05) is 76.8 Å². The van der Waals surface area contributed by atoms with E-state index in [1.54, 1.807) is 25.2 Å². The van der Waals surface area contributed by atoms with E-state index in [-0.39, 0.29) is 30.1 Å². The smallest absolute Gasteiger partial charge is 0.331 e. The first-order valence-corrected chi connectivity index (χ1v) is 13.5. The third-order valence-corrected chi connectivity index (χ3v) is 7.26. The average Bonchev–Trinajstić information content (AvgIpc) is 3.65. The van der Waals surface area contributed by atoms with Gasteiger partial charge in [-0.25, -0.2) is 4.79 Å². The van der Waals surface area contributed by atoms with Crippen LogP contribution in [-0.2, 0) is 14.3 Å². The van der Waals surface area contributed by atoms with Gasteiger partial charge < -0.3 is 29.9 Å². The zero-order chi connectivity index (χ0) is 28.6. The lowest BCUT2D eigenvalue weighted by molar-refractivity contribution is -0.146. The number of carbonyl (C=O) groups is 1. The van der Waals surface area contributed by atoms with Gasteiger partial charge in [0, 0.05) is 6.08 Å². The molecule has 0 bridgehead atoms. The largest absolute Gasteiger partial charge is 0.456 e. The van der Waals surface area contributed by atoms with Crippen molar-refractivity contribution in [2.45, 2.75) is 103 Å². The SMILES string of the molecule is C=C1C/C=C/[C@H](O)[C@@H](O)C(=C)[C@@H](O)[C@H](O)C(=C)C/C=C/C(C)=C/C(=O)O[C@@H]([C@@H]2O[C@H]2[C@@H](C)CCC)[C@@H](C)C1. The molecule has 9 atom stereocenters. The van der Waals surface area contributed by atoms with Gasteiger partial charge in [0.1, 0.15) is 36.6 Å². The number of esters is 1. The van der Waals surface area contributed by atoms with Crippen molar-refractivity contribution >= 4 is 5.97 Å². The Kier molecular flexibility index (Phi) is 12.4. The van der Waals surface area contributed by atoms with Crippen molar-refractivity contribution in [3.05, 3.63) is 72.4 Å². The molecule has 1 saturated heterocycles. The van der Waals surface area contributed by atoms with Crippen LogP contribution >= 0.6 is 0 Å². The molecule has 0 aromatic rings. The Bertz CT molecular complexity index is 946. The fourth-order valence-electron chi connectivity index (χ4n) is 4.86. The minimum atomic E-state index is -1.51. The molecule has 0 aliphatic carbocycles. The summed E-state index contributed by atoms with van der Waals surface area (Å²) >= 11 is 0. The number of aliphatic hydroxyl groups is 4. The minimum absolute atomic E-state index is 0.0474. The third kappa shape index (κ3) is 9.17. The molecule has 0 radical (unpaired) electrons. The summed E-state index contributed by atoms with van der Waals surface area (Å²) in [5, 5.41) is 41.8. The molecule has 2 aliphatic heterocycles. The molecule has 4 N–H and O–H groups in total. The molecule has 0 saturated carbocycles. The second-order valence-electron chi connectivity index (χ2n) is 10.8. The van der Waals surface area contributed by atoms with E-state index < -0.39 is 36.5 Å². The second-order valence-corrected chi connectivity index (χ2v) is 10.8. The number of hydrogen-bond donors (Lipinski definition) is 4. The maximum absolute atomic E-state index is 12.8. The first kappa shape index (κ1) is 31.9. The number of ether oxygens (including phenoxy) is 2. The molecular formula is C31H46O7. The molecule has 38 heavy (non-hydrogen) atoms. The van der Waals surface area contributed by atoms with Crippen molar-refractivity contribution in [1.82, 2.24) is 0 Å². The average molecular weight is 531 g/mol. The van der Waals surface area contributed by atoms with Crippen LogP contribution in [0.2, 0.25) is 0 Å². The van der Waals surface area contributed by atoms with E-state index in [9.17, 15) is 25.2 Å². The Morgan fingerprint density at radius 3 is 2.37 bits per heavy atom. The maximum atomic E-state index is 12.8. The van der Waals surface area contributed by atoms with Gasteiger partial charge in [-0.05, 0) is 61.2 Å². The van der Waals surface area contributed by atoms with Gasteiger partial charge >= 0.3 is 5.97 Å². The van der Waals surface area contributed by atoms with Crippen LogP contribution in [0, 0.1) is 11.8 Å². The number of carbonyl (C=O) groups excluding carboxylic acids is 1. The van der Waals surface area contributed by atoms with Crippen LogP contribution in [0.5, 0.6) is 0 Å². The molecule has 2 heterocycles. The van der Waals surface area contributed by atoms with Crippen LogP contribution in [0.1, 0.15) is 59.8 Å². The van der Waals surface area contributed by atoms with Gasteiger partial charge in [0.25, 0.3) is 0 Å².